The van der Waals surface area contributed by atoms with Crippen LogP contribution in [0.2, 0.25) is 0 Å². The van der Waals surface area contributed by atoms with E-state index in [1.54, 1.807) is 7.11 Å². The summed E-state index contributed by atoms with van der Waals surface area (Å²) in [5, 5.41) is 5.12. The average Bonchev–Trinajstić information content (AvgIpc) is 2.65. The van der Waals surface area contributed by atoms with Crippen LogP contribution in [0.1, 0.15) is 21.5 Å². The van der Waals surface area contributed by atoms with Gasteiger partial charge in [-0.15, -0.1) is 0 Å². The van der Waals surface area contributed by atoms with Gasteiger partial charge in [0.25, 0.3) is 5.91 Å². The van der Waals surface area contributed by atoms with Gasteiger partial charge in [0, 0.05) is 12.1 Å². The number of quaternary nitrogens is 1. The molecule has 3 aromatic carbocycles. The fourth-order valence-corrected chi connectivity index (χ4v) is 3.12. The van der Waals surface area contributed by atoms with Crippen LogP contribution in [0.4, 0.5) is 0 Å². The monoisotopic (exact) mass is 349 g/mol. The molecule has 4 heteroatoms. The molecule has 0 aromatic heterocycles. The summed E-state index contributed by atoms with van der Waals surface area (Å²) >= 11 is 0. The molecule has 3 aromatic rings. The van der Waals surface area contributed by atoms with Gasteiger partial charge in [-0.25, -0.2) is 0 Å². The Morgan fingerprint density at radius 1 is 0.962 bits per heavy atom. The van der Waals surface area contributed by atoms with E-state index in [1.165, 1.54) is 10.5 Å². The Hall–Kier alpha value is -2.85. The van der Waals surface area contributed by atoms with Crippen LogP contribution in [-0.2, 0) is 13.1 Å². The second-order valence-corrected chi connectivity index (χ2v) is 6.73. The summed E-state index contributed by atoms with van der Waals surface area (Å²) in [6.07, 6.45) is 0. The van der Waals surface area contributed by atoms with Gasteiger partial charge in [0.1, 0.15) is 12.3 Å². The lowest BCUT2D eigenvalue weighted by Crippen LogP contribution is -3.04. The Bertz CT molecular complexity index is 919. The smallest absolute Gasteiger partial charge is 0.255 e. The first-order valence-corrected chi connectivity index (χ1v) is 8.79. The lowest BCUT2D eigenvalue weighted by atomic mass is 10.0. The van der Waals surface area contributed by atoms with Crippen molar-refractivity contribution >= 4 is 16.7 Å². The average molecular weight is 349 g/mol. The van der Waals surface area contributed by atoms with Crippen molar-refractivity contribution in [3.8, 4) is 5.75 Å². The molecule has 0 fully saturated rings. The molecular formula is C22H25N2O2+. The van der Waals surface area contributed by atoms with E-state index >= 15 is 0 Å². The van der Waals surface area contributed by atoms with E-state index in [2.05, 4.69) is 31.5 Å². The molecule has 0 bridgehead atoms. The summed E-state index contributed by atoms with van der Waals surface area (Å²) < 4.78 is 5.44. The molecule has 0 saturated heterocycles. The molecule has 3 rings (SSSR count). The van der Waals surface area contributed by atoms with E-state index in [0.717, 1.165) is 22.9 Å². The SMILES string of the molecule is COc1cc2ccccc2cc1C(=O)NCc1ccccc1C[NH+](C)C. The quantitative estimate of drug-likeness (QED) is 0.718. The third-order valence-electron chi connectivity index (χ3n) is 4.41. The van der Waals surface area contributed by atoms with Gasteiger partial charge >= 0.3 is 0 Å². The maximum atomic E-state index is 12.8. The molecule has 4 nitrogen and oxygen atoms in total. The maximum Gasteiger partial charge on any atom is 0.255 e. The number of fused-ring (bicyclic) bond motifs is 1. The molecule has 0 unspecified atom stereocenters. The molecule has 1 amide bonds. The molecule has 134 valence electrons. The largest absolute Gasteiger partial charge is 0.496 e. The number of ether oxygens (including phenoxy) is 1. The van der Waals surface area contributed by atoms with Gasteiger partial charge in [-0.05, 0) is 28.5 Å². The molecule has 0 aliphatic heterocycles. The third kappa shape index (κ3) is 4.03. The van der Waals surface area contributed by atoms with E-state index in [-0.39, 0.29) is 5.91 Å². The van der Waals surface area contributed by atoms with E-state index in [0.29, 0.717) is 17.9 Å². The summed E-state index contributed by atoms with van der Waals surface area (Å²) in [5.74, 6) is 0.465. The molecule has 2 N–H and O–H groups in total. The van der Waals surface area contributed by atoms with Crippen molar-refractivity contribution in [2.75, 3.05) is 21.2 Å². The van der Waals surface area contributed by atoms with Crippen molar-refractivity contribution in [2.45, 2.75) is 13.1 Å². The summed E-state index contributed by atoms with van der Waals surface area (Å²) in [6, 6.07) is 20.0. The minimum absolute atomic E-state index is 0.125. The zero-order chi connectivity index (χ0) is 18.5. The summed E-state index contributed by atoms with van der Waals surface area (Å²) in [7, 11) is 5.83. The van der Waals surface area contributed by atoms with E-state index in [9.17, 15) is 4.79 Å². The molecule has 0 heterocycles. The Balaban J connectivity index is 1.82. The van der Waals surface area contributed by atoms with E-state index in [4.69, 9.17) is 4.74 Å². The number of hydrogen-bond acceptors (Lipinski definition) is 2. The van der Waals surface area contributed by atoms with Crippen LogP contribution in [0, 0.1) is 0 Å². The lowest BCUT2D eigenvalue weighted by Gasteiger charge is -2.14. The number of hydrogen-bond donors (Lipinski definition) is 2. The molecule has 0 spiro atoms. The van der Waals surface area contributed by atoms with Gasteiger partial charge in [-0.1, -0.05) is 48.5 Å². The Morgan fingerprint density at radius 3 is 2.23 bits per heavy atom. The van der Waals surface area contributed by atoms with Crippen molar-refractivity contribution in [3.05, 3.63) is 77.4 Å². The van der Waals surface area contributed by atoms with Crippen LogP contribution >= 0.6 is 0 Å². The van der Waals surface area contributed by atoms with Crippen molar-refractivity contribution in [2.24, 2.45) is 0 Å². The first-order chi connectivity index (χ1) is 12.6. The predicted molar refractivity (Wildman–Crippen MR) is 105 cm³/mol. The number of methoxy groups -OCH3 is 1. The van der Waals surface area contributed by atoms with Crippen LogP contribution < -0.4 is 15.0 Å². The van der Waals surface area contributed by atoms with Crippen LogP contribution in [0.5, 0.6) is 5.75 Å². The van der Waals surface area contributed by atoms with Gasteiger partial charge in [0.15, 0.2) is 0 Å². The van der Waals surface area contributed by atoms with E-state index < -0.39 is 0 Å². The molecule has 0 aliphatic rings. The van der Waals surface area contributed by atoms with Crippen LogP contribution in [0.3, 0.4) is 0 Å². The first kappa shape index (κ1) is 18.0. The second kappa shape index (κ2) is 8.02. The van der Waals surface area contributed by atoms with Crippen molar-refractivity contribution in [3.63, 3.8) is 0 Å². The third-order valence-corrected chi connectivity index (χ3v) is 4.41. The molecule has 0 saturated carbocycles. The molecule has 26 heavy (non-hydrogen) atoms. The Labute approximate surface area is 154 Å². The van der Waals surface area contributed by atoms with Crippen molar-refractivity contribution in [1.82, 2.24) is 5.32 Å². The highest BCUT2D eigenvalue weighted by Crippen LogP contribution is 2.26. The summed E-state index contributed by atoms with van der Waals surface area (Å²) in [5.41, 5.74) is 2.95. The van der Waals surface area contributed by atoms with Crippen LogP contribution in [0.15, 0.2) is 60.7 Å². The highest BCUT2D eigenvalue weighted by Gasteiger charge is 2.14. The first-order valence-electron chi connectivity index (χ1n) is 8.79. The Morgan fingerprint density at radius 2 is 1.58 bits per heavy atom. The number of rotatable bonds is 6. The topological polar surface area (TPSA) is 42.8 Å². The maximum absolute atomic E-state index is 12.8. The number of carbonyl (C=O) groups is 1. The van der Waals surface area contributed by atoms with Crippen molar-refractivity contribution < 1.29 is 14.4 Å². The molecule has 0 aliphatic carbocycles. The Kier molecular flexibility index (Phi) is 5.54. The molecular weight excluding hydrogens is 324 g/mol. The number of benzene rings is 3. The second-order valence-electron chi connectivity index (χ2n) is 6.73. The van der Waals surface area contributed by atoms with Crippen LogP contribution in [0.25, 0.3) is 10.8 Å². The number of amides is 1. The number of nitrogens with one attached hydrogen (secondary N) is 2. The van der Waals surface area contributed by atoms with Gasteiger partial charge in [0.05, 0.1) is 26.8 Å². The fourth-order valence-electron chi connectivity index (χ4n) is 3.12. The van der Waals surface area contributed by atoms with Crippen molar-refractivity contribution in [1.29, 1.82) is 0 Å². The minimum Gasteiger partial charge on any atom is -0.496 e. The zero-order valence-corrected chi connectivity index (χ0v) is 15.5. The molecule has 0 atom stereocenters. The van der Waals surface area contributed by atoms with Gasteiger partial charge in [-0.2, -0.15) is 0 Å². The fraction of sp³-hybridized carbons (Fsp3) is 0.227. The normalized spacial score (nSPS) is 10.9. The molecule has 0 radical (unpaired) electrons. The summed E-state index contributed by atoms with van der Waals surface area (Å²) in [4.78, 5) is 14.1. The summed E-state index contributed by atoms with van der Waals surface area (Å²) in [6.45, 7) is 1.42. The van der Waals surface area contributed by atoms with Gasteiger partial charge < -0.3 is 15.0 Å². The van der Waals surface area contributed by atoms with E-state index in [1.807, 2.05) is 48.5 Å². The highest BCUT2D eigenvalue weighted by molar-refractivity contribution is 6.01. The predicted octanol–water partition coefficient (Wildman–Crippen LogP) is 2.42. The highest BCUT2D eigenvalue weighted by atomic mass is 16.5. The van der Waals surface area contributed by atoms with Gasteiger partial charge in [-0.3, -0.25) is 4.79 Å². The van der Waals surface area contributed by atoms with Crippen LogP contribution in [-0.4, -0.2) is 27.1 Å². The zero-order valence-electron chi connectivity index (χ0n) is 15.5. The standard InChI is InChI=1S/C22H24N2O2/c1-24(2)15-19-11-7-6-10-18(19)14-23-22(25)20-12-16-8-4-5-9-17(16)13-21(20)26-3/h4-13H,14-15H2,1-3H3,(H,23,25)/p+1. The minimum atomic E-state index is -0.125. The van der Waals surface area contributed by atoms with Gasteiger partial charge in [0.2, 0.25) is 0 Å². The lowest BCUT2D eigenvalue weighted by molar-refractivity contribution is -0.872. The number of carbonyl (C=O) groups excluding carboxylic acids is 1.